The fourth-order valence-electron chi connectivity index (χ4n) is 2.15. The van der Waals surface area contributed by atoms with Gasteiger partial charge in [-0.25, -0.2) is 13.2 Å². The smallest absolute Gasteiger partial charge is 0.335 e. The second-order valence-corrected chi connectivity index (χ2v) is 7.01. The Morgan fingerprint density at radius 2 is 1.33 bits per heavy atom. The summed E-state index contributed by atoms with van der Waals surface area (Å²) in [6.45, 7) is 2.52. The van der Waals surface area contributed by atoms with E-state index in [1.165, 1.54) is 28.6 Å². The van der Waals surface area contributed by atoms with Gasteiger partial charge in [0.2, 0.25) is 10.0 Å². The van der Waals surface area contributed by atoms with Gasteiger partial charge in [-0.2, -0.15) is 4.31 Å². The van der Waals surface area contributed by atoms with Gasteiger partial charge in [0, 0.05) is 13.1 Å². The van der Waals surface area contributed by atoms with Crippen molar-refractivity contribution in [1.82, 2.24) is 4.31 Å². The molecular weight excluding hydrogens is 338 g/mol. The molecular formula is C15H21NO7S. The average molecular weight is 359 g/mol. The predicted octanol–water partition coefficient (Wildman–Crippen LogP) is 0.439. The van der Waals surface area contributed by atoms with Crippen molar-refractivity contribution in [3.8, 4) is 0 Å². The molecule has 0 radical (unpaired) electrons. The number of carboxylic acid groups (broad SMARTS) is 1. The zero-order valence-corrected chi connectivity index (χ0v) is 14.0. The Morgan fingerprint density at radius 3 is 1.79 bits per heavy atom. The number of hydrogen-bond acceptors (Lipinski definition) is 6. The first-order chi connectivity index (χ1) is 11.5. The van der Waals surface area contributed by atoms with Gasteiger partial charge in [-0.1, -0.05) is 0 Å². The van der Waals surface area contributed by atoms with Crippen LogP contribution in [0.3, 0.4) is 0 Å². The predicted molar refractivity (Wildman–Crippen MR) is 84.6 cm³/mol. The van der Waals surface area contributed by atoms with Crippen LogP contribution in [0.2, 0.25) is 0 Å². The van der Waals surface area contributed by atoms with Crippen LogP contribution in [0.15, 0.2) is 29.2 Å². The van der Waals surface area contributed by atoms with Crippen molar-refractivity contribution in [2.75, 3.05) is 52.7 Å². The molecule has 0 unspecified atom stereocenters. The number of hydrogen-bond donors (Lipinski definition) is 1. The molecule has 1 fully saturated rings. The maximum atomic E-state index is 12.7. The van der Waals surface area contributed by atoms with E-state index < -0.39 is 16.0 Å². The fourth-order valence-corrected chi connectivity index (χ4v) is 3.55. The molecule has 0 spiro atoms. The number of aromatic carboxylic acids is 1. The topological polar surface area (TPSA) is 102 Å². The van der Waals surface area contributed by atoms with Crippen LogP contribution in [0, 0.1) is 0 Å². The lowest BCUT2D eigenvalue weighted by molar-refractivity contribution is 0.00270. The van der Waals surface area contributed by atoms with Crippen LogP contribution in [0.25, 0.3) is 0 Å². The third kappa shape index (κ3) is 5.25. The van der Waals surface area contributed by atoms with Crippen LogP contribution >= 0.6 is 0 Å². The van der Waals surface area contributed by atoms with E-state index in [0.29, 0.717) is 26.4 Å². The third-order valence-corrected chi connectivity index (χ3v) is 5.37. The van der Waals surface area contributed by atoms with E-state index in [1.807, 2.05) is 0 Å². The largest absolute Gasteiger partial charge is 0.478 e. The first kappa shape index (κ1) is 18.8. The quantitative estimate of drug-likeness (QED) is 0.835. The van der Waals surface area contributed by atoms with Gasteiger partial charge in [0.05, 0.1) is 50.1 Å². The van der Waals surface area contributed by atoms with Gasteiger partial charge in [0.25, 0.3) is 0 Å². The number of carboxylic acids is 1. The van der Waals surface area contributed by atoms with Gasteiger partial charge in [0.15, 0.2) is 0 Å². The van der Waals surface area contributed by atoms with E-state index in [1.54, 1.807) is 0 Å². The molecule has 0 aromatic heterocycles. The van der Waals surface area contributed by atoms with Crippen molar-refractivity contribution < 1.29 is 32.5 Å². The second-order valence-electron chi connectivity index (χ2n) is 5.07. The van der Waals surface area contributed by atoms with Crippen molar-refractivity contribution in [3.05, 3.63) is 29.8 Å². The van der Waals surface area contributed by atoms with Crippen molar-refractivity contribution in [1.29, 1.82) is 0 Å². The fraction of sp³-hybridized carbons (Fsp3) is 0.533. The van der Waals surface area contributed by atoms with Gasteiger partial charge in [-0.3, -0.25) is 0 Å². The number of nitrogens with zero attached hydrogens (tertiary/aromatic N) is 1. The number of rotatable bonds is 3. The zero-order chi connectivity index (χ0) is 17.4. The summed E-state index contributed by atoms with van der Waals surface area (Å²) < 4.78 is 42.7. The summed E-state index contributed by atoms with van der Waals surface area (Å²) in [6.07, 6.45) is 0. The van der Waals surface area contributed by atoms with Crippen LogP contribution in [0.1, 0.15) is 10.4 Å². The van der Waals surface area contributed by atoms with Gasteiger partial charge in [-0.05, 0) is 24.3 Å². The summed E-state index contributed by atoms with van der Waals surface area (Å²) in [5.41, 5.74) is 0.0364. The Balaban J connectivity index is 2.11. The zero-order valence-electron chi connectivity index (χ0n) is 13.2. The minimum atomic E-state index is -3.74. The highest BCUT2D eigenvalue weighted by molar-refractivity contribution is 7.89. The molecule has 9 heteroatoms. The normalized spacial score (nSPS) is 19.2. The summed E-state index contributed by atoms with van der Waals surface area (Å²) in [6, 6.07) is 5.14. The highest BCUT2D eigenvalue weighted by atomic mass is 32.2. The summed E-state index contributed by atoms with van der Waals surface area (Å²) in [5.74, 6) is -1.10. The monoisotopic (exact) mass is 359 g/mol. The molecule has 0 amide bonds. The lowest BCUT2D eigenvalue weighted by atomic mass is 10.2. The van der Waals surface area contributed by atoms with Crippen LogP contribution < -0.4 is 0 Å². The highest BCUT2D eigenvalue weighted by Gasteiger charge is 2.24. The van der Waals surface area contributed by atoms with E-state index in [4.69, 9.17) is 19.3 Å². The van der Waals surface area contributed by atoms with Crippen molar-refractivity contribution in [2.24, 2.45) is 0 Å². The molecule has 8 nitrogen and oxygen atoms in total. The molecule has 1 saturated heterocycles. The molecule has 1 aromatic rings. The van der Waals surface area contributed by atoms with Crippen molar-refractivity contribution >= 4 is 16.0 Å². The minimum Gasteiger partial charge on any atom is -0.478 e. The molecule has 1 aliphatic rings. The summed E-state index contributed by atoms with van der Waals surface area (Å²) >= 11 is 0. The lowest BCUT2D eigenvalue weighted by Gasteiger charge is -2.23. The van der Waals surface area contributed by atoms with Crippen molar-refractivity contribution in [3.63, 3.8) is 0 Å². The van der Waals surface area contributed by atoms with Gasteiger partial charge < -0.3 is 19.3 Å². The maximum Gasteiger partial charge on any atom is 0.335 e. The maximum absolute atomic E-state index is 12.7. The molecule has 1 aromatic carbocycles. The molecule has 0 bridgehead atoms. The Kier molecular flexibility index (Phi) is 7.13. The van der Waals surface area contributed by atoms with Crippen LogP contribution in [0.4, 0.5) is 0 Å². The van der Waals surface area contributed by atoms with E-state index in [0.717, 1.165) is 0 Å². The Labute approximate surface area is 141 Å². The first-order valence-electron chi connectivity index (χ1n) is 7.58. The first-order valence-corrected chi connectivity index (χ1v) is 9.02. The molecule has 1 aliphatic heterocycles. The highest BCUT2D eigenvalue weighted by Crippen LogP contribution is 2.16. The number of ether oxygens (including phenoxy) is 3. The number of carbonyl (C=O) groups is 1. The molecule has 0 saturated carbocycles. The molecule has 1 heterocycles. The van der Waals surface area contributed by atoms with Gasteiger partial charge in [-0.15, -0.1) is 0 Å². The summed E-state index contributed by atoms with van der Waals surface area (Å²) in [4.78, 5) is 10.9. The number of benzene rings is 1. The van der Waals surface area contributed by atoms with E-state index in [-0.39, 0.29) is 36.8 Å². The SMILES string of the molecule is O=C(O)c1ccc(S(=O)(=O)N2CCOCCOCCOCC2)cc1. The molecule has 0 aliphatic carbocycles. The molecule has 134 valence electrons. The minimum absolute atomic E-state index is 0.0364. The van der Waals surface area contributed by atoms with Gasteiger partial charge >= 0.3 is 5.97 Å². The van der Waals surface area contributed by atoms with Crippen LogP contribution in [-0.2, 0) is 24.2 Å². The van der Waals surface area contributed by atoms with Crippen LogP contribution in [-0.4, -0.2) is 76.5 Å². The van der Waals surface area contributed by atoms with E-state index in [9.17, 15) is 13.2 Å². The van der Waals surface area contributed by atoms with E-state index in [2.05, 4.69) is 0 Å². The standard InChI is InChI=1S/C15H21NO7S/c17-15(18)13-1-3-14(4-2-13)24(19,20)16-5-7-21-9-11-23-12-10-22-8-6-16/h1-4H,5-12H2,(H,17,18). The Morgan fingerprint density at radius 1 is 0.875 bits per heavy atom. The molecule has 0 atom stereocenters. The average Bonchev–Trinajstić information content (AvgIpc) is 2.55. The van der Waals surface area contributed by atoms with Crippen molar-refractivity contribution in [2.45, 2.75) is 4.90 Å². The second kappa shape index (κ2) is 9.09. The third-order valence-electron chi connectivity index (χ3n) is 3.45. The molecule has 1 N–H and O–H groups in total. The van der Waals surface area contributed by atoms with Gasteiger partial charge in [0.1, 0.15) is 0 Å². The molecule has 24 heavy (non-hydrogen) atoms. The van der Waals surface area contributed by atoms with Crippen LogP contribution in [0.5, 0.6) is 0 Å². The summed E-state index contributed by atoms with van der Waals surface area (Å²) in [5, 5.41) is 8.90. The Hall–Kier alpha value is -1.52. The van der Waals surface area contributed by atoms with E-state index >= 15 is 0 Å². The lowest BCUT2D eigenvalue weighted by Crippen LogP contribution is -2.37. The summed E-state index contributed by atoms with van der Waals surface area (Å²) in [7, 11) is -3.74. The number of sulfonamides is 1. The Bertz CT molecular complexity index is 618. The molecule has 2 rings (SSSR count).